The maximum absolute atomic E-state index is 11.4. The highest BCUT2D eigenvalue weighted by molar-refractivity contribution is 7.88. The largest absolute Gasteiger partial charge is 0.481 e. The first-order valence-electron chi connectivity index (χ1n) is 4.93. The van der Waals surface area contributed by atoms with Gasteiger partial charge in [0, 0.05) is 12.6 Å². The van der Waals surface area contributed by atoms with Gasteiger partial charge in [-0.1, -0.05) is 13.8 Å². The Morgan fingerprint density at radius 3 is 2.27 bits per heavy atom. The van der Waals surface area contributed by atoms with Crippen LogP contribution < -0.4 is 0 Å². The van der Waals surface area contributed by atoms with Gasteiger partial charge in [-0.3, -0.25) is 4.79 Å². The van der Waals surface area contributed by atoms with E-state index < -0.39 is 21.9 Å². The SMILES string of the molecule is CC(C)[C@@H]1C[C@@H](C(=O)O)CN1S(C)(=O)=O. The van der Waals surface area contributed by atoms with Crippen LogP contribution in [0.1, 0.15) is 20.3 Å². The Kier molecular flexibility index (Phi) is 3.40. The molecule has 0 radical (unpaired) electrons. The first-order chi connectivity index (χ1) is 6.73. The van der Waals surface area contributed by atoms with Gasteiger partial charge in [-0.2, -0.15) is 4.31 Å². The van der Waals surface area contributed by atoms with Gasteiger partial charge in [0.2, 0.25) is 10.0 Å². The van der Waals surface area contributed by atoms with E-state index in [1.807, 2.05) is 13.8 Å². The van der Waals surface area contributed by atoms with Crippen LogP contribution in [0.15, 0.2) is 0 Å². The average Bonchev–Trinajstić information content (AvgIpc) is 2.45. The lowest BCUT2D eigenvalue weighted by Crippen LogP contribution is -2.37. The number of carboxylic acids is 1. The third-order valence-corrected chi connectivity index (χ3v) is 4.11. The third-order valence-electron chi connectivity index (χ3n) is 2.84. The molecule has 1 saturated heterocycles. The van der Waals surface area contributed by atoms with Crippen LogP contribution in [-0.2, 0) is 14.8 Å². The minimum atomic E-state index is -3.29. The van der Waals surface area contributed by atoms with Gasteiger partial charge in [0.25, 0.3) is 0 Å². The summed E-state index contributed by atoms with van der Waals surface area (Å²) in [6.07, 6.45) is 1.55. The molecule has 0 spiro atoms. The molecular formula is C9H17NO4S. The number of rotatable bonds is 3. The van der Waals surface area contributed by atoms with Crippen LogP contribution >= 0.6 is 0 Å². The fraction of sp³-hybridized carbons (Fsp3) is 0.889. The fourth-order valence-corrected chi connectivity index (χ4v) is 3.27. The predicted molar refractivity (Wildman–Crippen MR) is 55.9 cm³/mol. The van der Waals surface area contributed by atoms with E-state index in [2.05, 4.69) is 0 Å². The monoisotopic (exact) mass is 235 g/mol. The van der Waals surface area contributed by atoms with Crippen molar-refractivity contribution in [1.82, 2.24) is 4.31 Å². The van der Waals surface area contributed by atoms with Crippen molar-refractivity contribution in [3.05, 3.63) is 0 Å². The highest BCUT2D eigenvalue weighted by Gasteiger charge is 2.41. The van der Waals surface area contributed by atoms with Crippen molar-refractivity contribution in [2.24, 2.45) is 11.8 Å². The van der Waals surface area contributed by atoms with Crippen molar-refractivity contribution in [3.63, 3.8) is 0 Å². The van der Waals surface area contributed by atoms with E-state index in [1.165, 1.54) is 4.31 Å². The van der Waals surface area contributed by atoms with Gasteiger partial charge >= 0.3 is 5.97 Å². The standard InChI is InChI=1S/C9H17NO4S/c1-6(2)8-4-7(9(11)12)5-10(8)15(3,13)14/h6-8H,4-5H2,1-3H3,(H,11,12)/t7-,8+/m1/s1. The lowest BCUT2D eigenvalue weighted by molar-refractivity contribution is -0.141. The van der Waals surface area contributed by atoms with E-state index in [4.69, 9.17) is 5.11 Å². The van der Waals surface area contributed by atoms with E-state index in [-0.39, 0.29) is 18.5 Å². The molecule has 1 rings (SSSR count). The Morgan fingerprint density at radius 1 is 1.47 bits per heavy atom. The topological polar surface area (TPSA) is 74.7 Å². The molecule has 0 saturated carbocycles. The van der Waals surface area contributed by atoms with Gasteiger partial charge in [0.1, 0.15) is 0 Å². The summed E-state index contributed by atoms with van der Waals surface area (Å²) in [5.74, 6) is -1.33. The zero-order valence-corrected chi connectivity index (χ0v) is 9.99. The Balaban J connectivity index is 2.91. The minimum absolute atomic E-state index is 0.108. The predicted octanol–water partition coefficient (Wildman–Crippen LogP) is 0.377. The van der Waals surface area contributed by atoms with Crippen LogP contribution in [0.3, 0.4) is 0 Å². The molecule has 5 nitrogen and oxygen atoms in total. The second-order valence-electron chi connectivity index (χ2n) is 4.41. The maximum atomic E-state index is 11.4. The van der Waals surface area contributed by atoms with E-state index in [1.54, 1.807) is 0 Å². The van der Waals surface area contributed by atoms with Gasteiger partial charge in [-0.15, -0.1) is 0 Å². The normalized spacial score (nSPS) is 28.5. The second kappa shape index (κ2) is 4.09. The number of hydrogen-bond acceptors (Lipinski definition) is 3. The molecule has 1 fully saturated rings. The van der Waals surface area contributed by atoms with Crippen LogP contribution in [-0.4, -0.2) is 42.6 Å². The van der Waals surface area contributed by atoms with Gasteiger partial charge in [0.15, 0.2) is 0 Å². The molecule has 1 N–H and O–H groups in total. The van der Waals surface area contributed by atoms with Crippen LogP contribution in [0.5, 0.6) is 0 Å². The highest BCUT2D eigenvalue weighted by atomic mass is 32.2. The number of sulfonamides is 1. The Labute approximate surface area is 90.1 Å². The van der Waals surface area contributed by atoms with Crippen LogP contribution in [0.2, 0.25) is 0 Å². The summed E-state index contributed by atoms with van der Waals surface area (Å²) < 4.78 is 24.2. The van der Waals surface area contributed by atoms with E-state index >= 15 is 0 Å². The summed E-state index contributed by atoms with van der Waals surface area (Å²) in [7, 11) is -3.29. The number of aliphatic carboxylic acids is 1. The van der Waals surface area contributed by atoms with E-state index in [9.17, 15) is 13.2 Å². The molecule has 0 aromatic carbocycles. The van der Waals surface area contributed by atoms with Crippen molar-refractivity contribution >= 4 is 16.0 Å². The minimum Gasteiger partial charge on any atom is -0.481 e. The Hall–Kier alpha value is -0.620. The number of carbonyl (C=O) groups is 1. The zero-order valence-electron chi connectivity index (χ0n) is 9.17. The summed E-state index contributed by atoms with van der Waals surface area (Å²) in [4.78, 5) is 10.8. The highest BCUT2D eigenvalue weighted by Crippen LogP contribution is 2.30. The zero-order chi connectivity index (χ0) is 11.8. The van der Waals surface area contributed by atoms with Gasteiger partial charge in [-0.25, -0.2) is 8.42 Å². The molecule has 1 aliphatic heterocycles. The summed E-state index contributed by atoms with van der Waals surface area (Å²) in [6.45, 7) is 3.93. The summed E-state index contributed by atoms with van der Waals surface area (Å²) in [5.41, 5.74) is 0. The van der Waals surface area contributed by atoms with Crippen LogP contribution in [0.4, 0.5) is 0 Å². The first kappa shape index (κ1) is 12.4. The molecule has 2 atom stereocenters. The van der Waals surface area contributed by atoms with E-state index in [0.29, 0.717) is 6.42 Å². The van der Waals surface area contributed by atoms with Gasteiger partial charge in [-0.05, 0) is 12.3 Å². The second-order valence-corrected chi connectivity index (χ2v) is 6.35. The van der Waals surface area contributed by atoms with Crippen molar-refractivity contribution in [3.8, 4) is 0 Å². The molecule has 6 heteroatoms. The molecule has 1 aliphatic rings. The van der Waals surface area contributed by atoms with Crippen molar-refractivity contribution in [2.45, 2.75) is 26.3 Å². The molecule has 15 heavy (non-hydrogen) atoms. The third kappa shape index (κ3) is 2.69. The fourth-order valence-electron chi connectivity index (χ4n) is 2.00. The van der Waals surface area contributed by atoms with Crippen LogP contribution in [0, 0.1) is 11.8 Å². The molecule has 0 aromatic rings. The van der Waals surface area contributed by atoms with Gasteiger partial charge in [0.05, 0.1) is 12.2 Å². The summed E-state index contributed by atoms with van der Waals surface area (Å²) in [6, 6.07) is -0.180. The van der Waals surface area contributed by atoms with Crippen molar-refractivity contribution in [2.75, 3.05) is 12.8 Å². The molecule has 88 valence electrons. The van der Waals surface area contributed by atoms with Crippen molar-refractivity contribution in [1.29, 1.82) is 0 Å². The number of hydrogen-bond donors (Lipinski definition) is 1. The lowest BCUT2D eigenvalue weighted by atomic mass is 9.98. The van der Waals surface area contributed by atoms with Gasteiger partial charge < -0.3 is 5.11 Å². The molecule has 1 heterocycles. The molecular weight excluding hydrogens is 218 g/mol. The molecule has 0 bridgehead atoms. The van der Waals surface area contributed by atoms with Crippen molar-refractivity contribution < 1.29 is 18.3 Å². The first-order valence-corrected chi connectivity index (χ1v) is 6.78. The number of nitrogens with zero attached hydrogens (tertiary/aromatic N) is 1. The smallest absolute Gasteiger partial charge is 0.307 e. The number of carboxylic acid groups (broad SMARTS) is 1. The average molecular weight is 235 g/mol. The molecule has 0 aromatic heterocycles. The summed E-state index contributed by atoms with van der Waals surface area (Å²) >= 11 is 0. The quantitative estimate of drug-likeness (QED) is 0.767. The Bertz CT molecular complexity index is 349. The molecule has 0 unspecified atom stereocenters. The van der Waals surface area contributed by atoms with E-state index in [0.717, 1.165) is 6.26 Å². The maximum Gasteiger partial charge on any atom is 0.307 e. The lowest BCUT2D eigenvalue weighted by Gasteiger charge is -2.24. The molecule has 0 amide bonds. The summed E-state index contributed by atoms with van der Waals surface area (Å²) in [5, 5.41) is 8.87. The molecule has 0 aliphatic carbocycles. The van der Waals surface area contributed by atoms with Crippen LogP contribution in [0.25, 0.3) is 0 Å². The Morgan fingerprint density at radius 2 is 2.00 bits per heavy atom.